The predicted molar refractivity (Wildman–Crippen MR) is 65.1 cm³/mol. The Bertz CT molecular complexity index is 236. The minimum atomic E-state index is 0.221. The van der Waals surface area contributed by atoms with Crippen molar-refractivity contribution in [2.24, 2.45) is 17.8 Å². The van der Waals surface area contributed by atoms with Gasteiger partial charge in [0.2, 0.25) is 5.91 Å². The Morgan fingerprint density at radius 3 is 2.81 bits per heavy atom. The van der Waals surface area contributed by atoms with Crippen molar-refractivity contribution in [2.75, 3.05) is 19.6 Å². The molecule has 16 heavy (non-hydrogen) atoms. The van der Waals surface area contributed by atoms with Gasteiger partial charge in [0.15, 0.2) is 0 Å². The third-order valence-corrected chi connectivity index (χ3v) is 4.26. The second kappa shape index (κ2) is 5.67. The largest absolute Gasteiger partial charge is 0.356 e. The number of carbonyl (C=O) groups is 1. The van der Waals surface area contributed by atoms with E-state index in [1.165, 1.54) is 25.7 Å². The van der Waals surface area contributed by atoms with Gasteiger partial charge in [-0.2, -0.15) is 0 Å². The molecule has 1 aliphatic carbocycles. The molecule has 0 aromatic rings. The van der Waals surface area contributed by atoms with E-state index in [2.05, 4.69) is 17.6 Å². The zero-order valence-corrected chi connectivity index (χ0v) is 10.3. The summed E-state index contributed by atoms with van der Waals surface area (Å²) < 4.78 is 0. The van der Waals surface area contributed by atoms with Gasteiger partial charge < -0.3 is 10.6 Å². The first-order valence-electron chi connectivity index (χ1n) is 6.76. The van der Waals surface area contributed by atoms with Crippen molar-refractivity contribution in [1.29, 1.82) is 0 Å². The van der Waals surface area contributed by atoms with Crippen molar-refractivity contribution in [1.82, 2.24) is 10.6 Å². The number of carbonyl (C=O) groups excluding carboxylic acids is 1. The van der Waals surface area contributed by atoms with Gasteiger partial charge in [-0.25, -0.2) is 0 Å². The number of rotatable bonds is 3. The summed E-state index contributed by atoms with van der Waals surface area (Å²) in [4.78, 5) is 11.8. The molecule has 92 valence electrons. The lowest BCUT2D eigenvalue weighted by molar-refractivity contribution is -0.124. The Hall–Kier alpha value is -0.570. The van der Waals surface area contributed by atoms with E-state index in [1.807, 2.05) is 0 Å². The van der Waals surface area contributed by atoms with E-state index in [0.717, 1.165) is 32.0 Å². The molecule has 2 rings (SSSR count). The monoisotopic (exact) mass is 224 g/mol. The summed E-state index contributed by atoms with van der Waals surface area (Å²) in [6.07, 6.45) is 6.36. The maximum absolute atomic E-state index is 11.8. The molecule has 3 unspecified atom stereocenters. The number of amides is 1. The van der Waals surface area contributed by atoms with Gasteiger partial charge in [0.25, 0.3) is 0 Å². The van der Waals surface area contributed by atoms with Crippen molar-refractivity contribution in [2.45, 2.75) is 39.0 Å². The number of hydrogen-bond donors (Lipinski definition) is 2. The van der Waals surface area contributed by atoms with Gasteiger partial charge in [0, 0.05) is 13.1 Å². The van der Waals surface area contributed by atoms with Crippen LogP contribution in [0.25, 0.3) is 0 Å². The smallest absolute Gasteiger partial charge is 0.224 e. The fourth-order valence-corrected chi connectivity index (χ4v) is 2.95. The maximum Gasteiger partial charge on any atom is 0.224 e. The lowest BCUT2D eigenvalue weighted by Gasteiger charge is -2.29. The Balaban J connectivity index is 1.71. The molecule has 1 heterocycles. The molecule has 0 aromatic carbocycles. The maximum atomic E-state index is 11.8. The minimum Gasteiger partial charge on any atom is -0.356 e. The van der Waals surface area contributed by atoms with Crippen molar-refractivity contribution in [3.05, 3.63) is 0 Å². The van der Waals surface area contributed by atoms with Crippen LogP contribution in [0.2, 0.25) is 0 Å². The average molecular weight is 224 g/mol. The zero-order valence-electron chi connectivity index (χ0n) is 10.3. The van der Waals surface area contributed by atoms with Crippen LogP contribution in [0.3, 0.4) is 0 Å². The highest BCUT2D eigenvalue weighted by Crippen LogP contribution is 2.28. The molecule has 2 N–H and O–H groups in total. The third kappa shape index (κ3) is 2.97. The normalized spacial score (nSPS) is 34.9. The first-order chi connectivity index (χ1) is 7.77. The van der Waals surface area contributed by atoms with E-state index >= 15 is 0 Å². The minimum absolute atomic E-state index is 0.221. The lowest BCUT2D eigenvalue weighted by atomic mass is 9.80. The van der Waals surface area contributed by atoms with Crippen LogP contribution < -0.4 is 10.6 Å². The summed E-state index contributed by atoms with van der Waals surface area (Å²) in [5, 5.41) is 6.38. The first-order valence-corrected chi connectivity index (χ1v) is 6.76. The predicted octanol–water partition coefficient (Wildman–Crippen LogP) is 1.54. The fourth-order valence-electron chi connectivity index (χ4n) is 2.95. The number of nitrogens with one attached hydrogen (secondary N) is 2. The molecule has 1 saturated heterocycles. The SMILES string of the molecule is CC1CCCCC1CNC(=O)C1CCNC1. The fraction of sp³-hybridized carbons (Fsp3) is 0.923. The molecule has 1 saturated carbocycles. The molecule has 0 spiro atoms. The quantitative estimate of drug-likeness (QED) is 0.763. The van der Waals surface area contributed by atoms with E-state index in [0.29, 0.717) is 5.92 Å². The highest BCUT2D eigenvalue weighted by Gasteiger charge is 2.25. The average Bonchev–Trinajstić information content (AvgIpc) is 2.81. The van der Waals surface area contributed by atoms with E-state index in [-0.39, 0.29) is 11.8 Å². The Kier molecular flexibility index (Phi) is 4.22. The van der Waals surface area contributed by atoms with E-state index in [4.69, 9.17) is 0 Å². The van der Waals surface area contributed by atoms with E-state index < -0.39 is 0 Å². The van der Waals surface area contributed by atoms with Crippen LogP contribution in [0, 0.1) is 17.8 Å². The molecule has 2 fully saturated rings. The molecule has 3 heteroatoms. The Morgan fingerprint density at radius 2 is 2.12 bits per heavy atom. The highest BCUT2D eigenvalue weighted by atomic mass is 16.1. The van der Waals surface area contributed by atoms with Crippen LogP contribution in [0.15, 0.2) is 0 Å². The molecule has 1 aliphatic heterocycles. The van der Waals surface area contributed by atoms with Gasteiger partial charge in [0.1, 0.15) is 0 Å². The summed E-state index contributed by atoms with van der Waals surface area (Å²) in [7, 11) is 0. The molecule has 0 bridgehead atoms. The van der Waals surface area contributed by atoms with Gasteiger partial charge >= 0.3 is 0 Å². The summed E-state index contributed by atoms with van der Waals surface area (Å²) in [6.45, 7) is 5.09. The van der Waals surface area contributed by atoms with Crippen LogP contribution >= 0.6 is 0 Å². The standard InChI is InChI=1S/C13H24N2O/c1-10-4-2-3-5-11(10)9-15-13(16)12-6-7-14-8-12/h10-12,14H,2-9H2,1H3,(H,15,16). The van der Waals surface area contributed by atoms with Crippen LogP contribution in [0.4, 0.5) is 0 Å². The molecule has 0 aromatic heterocycles. The van der Waals surface area contributed by atoms with Crippen molar-refractivity contribution in [3.8, 4) is 0 Å². The van der Waals surface area contributed by atoms with Gasteiger partial charge in [-0.3, -0.25) is 4.79 Å². The Morgan fingerprint density at radius 1 is 1.31 bits per heavy atom. The summed E-state index contributed by atoms with van der Waals surface area (Å²) in [5.41, 5.74) is 0. The van der Waals surface area contributed by atoms with E-state index in [9.17, 15) is 4.79 Å². The summed E-state index contributed by atoms with van der Waals surface area (Å²) in [5.74, 6) is 1.99. The first kappa shape index (κ1) is 11.9. The van der Waals surface area contributed by atoms with Gasteiger partial charge in [-0.1, -0.05) is 26.2 Å². The van der Waals surface area contributed by atoms with Crippen LogP contribution in [-0.2, 0) is 4.79 Å². The molecule has 2 aliphatic rings. The van der Waals surface area contributed by atoms with Gasteiger partial charge in [0.05, 0.1) is 5.92 Å². The Labute approximate surface area is 98.4 Å². The summed E-state index contributed by atoms with van der Waals surface area (Å²) >= 11 is 0. The molecular weight excluding hydrogens is 200 g/mol. The summed E-state index contributed by atoms with van der Waals surface area (Å²) in [6, 6.07) is 0. The van der Waals surface area contributed by atoms with Crippen molar-refractivity contribution >= 4 is 5.91 Å². The van der Waals surface area contributed by atoms with Crippen LogP contribution in [-0.4, -0.2) is 25.5 Å². The van der Waals surface area contributed by atoms with Gasteiger partial charge in [-0.05, 0) is 31.2 Å². The lowest BCUT2D eigenvalue weighted by Crippen LogP contribution is -2.37. The highest BCUT2D eigenvalue weighted by molar-refractivity contribution is 5.79. The molecule has 3 atom stereocenters. The van der Waals surface area contributed by atoms with Crippen molar-refractivity contribution in [3.63, 3.8) is 0 Å². The topological polar surface area (TPSA) is 41.1 Å². The van der Waals surface area contributed by atoms with E-state index in [1.54, 1.807) is 0 Å². The second-order valence-corrected chi connectivity index (χ2v) is 5.46. The van der Waals surface area contributed by atoms with Crippen LogP contribution in [0.1, 0.15) is 39.0 Å². The second-order valence-electron chi connectivity index (χ2n) is 5.46. The molecular formula is C13H24N2O. The molecule has 1 amide bonds. The third-order valence-electron chi connectivity index (χ3n) is 4.26. The van der Waals surface area contributed by atoms with Crippen LogP contribution in [0.5, 0.6) is 0 Å². The number of hydrogen-bond acceptors (Lipinski definition) is 2. The molecule has 0 radical (unpaired) electrons. The zero-order chi connectivity index (χ0) is 11.4. The van der Waals surface area contributed by atoms with Gasteiger partial charge in [-0.15, -0.1) is 0 Å². The van der Waals surface area contributed by atoms with Crippen molar-refractivity contribution < 1.29 is 4.79 Å². The molecule has 3 nitrogen and oxygen atoms in total.